The summed E-state index contributed by atoms with van der Waals surface area (Å²) in [4.78, 5) is 49.9. The van der Waals surface area contributed by atoms with Gasteiger partial charge in [-0.15, -0.1) is 0 Å². The number of phenolic OH excluding ortho intramolecular Hbond substituents is 1. The van der Waals surface area contributed by atoms with Crippen LogP contribution >= 0.6 is 0 Å². The van der Waals surface area contributed by atoms with Gasteiger partial charge in [-0.2, -0.15) is 0 Å². The standard InChI is InChI=1S/C27H23NO9/c1-37-19-5-2-11(10-29)6-15(19)14-3-4-17(30)21-16(14)8-12-7-13-9-18(31)22(26(28)35)25(34)27(13,36)24(33)20(12)23(21)32/h2-6,10,12-13,30-31,33,36H,7-9H2,1H3,(H2,28,35)/t12-,13+,27+/m1/s1. The summed E-state index contributed by atoms with van der Waals surface area (Å²) in [6, 6.07) is 7.68. The van der Waals surface area contributed by atoms with E-state index in [2.05, 4.69) is 0 Å². The first-order chi connectivity index (χ1) is 17.5. The number of Topliss-reactive ketones (excluding diaryl/α,β-unsaturated/α-hetero) is 2. The molecule has 1 amide bonds. The van der Waals surface area contributed by atoms with Gasteiger partial charge in [0.2, 0.25) is 5.78 Å². The Balaban J connectivity index is 1.71. The summed E-state index contributed by atoms with van der Waals surface area (Å²) < 4.78 is 5.45. The van der Waals surface area contributed by atoms with Gasteiger partial charge in [-0.05, 0) is 54.2 Å². The molecule has 5 rings (SSSR count). The van der Waals surface area contributed by atoms with E-state index < -0.39 is 52.0 Å². The Morgan fingerprint density at radius 1 is 1.11 bits per heavy atom. The van der Waals surface area contributed by atoms with E-state index in [1.807, 2.05) is 0 Å². The largest absolute Gasteiger partial charge is 0.511 e. The van der Waals surface area contributed by atoms with Gasteiger partial charge in [0.15, 0.2) is 11.4 Å². The predicted octanol–water partition coefficient (Wildman–Crippen LogP) is 2.07. The molecule has 3 aliphatic carbocycles. The molecule has 0 saturated carbocycles. The summed E-state index contributed by atoms with van der Waals surface area (Å²) >= 11 is 0. The van der Waals surface area contributed by atoms with E-state index in [1.54, 1.807) is 24.3 Å². The lowest BCUT2D eigenvalue weighted by molar-refractivity contribution is -0.144. The van der Waals surface area contributed by atoms with Crippen LogP contribution in [0, 0.1) is 11.8 Å². The molecule has 10 nitrogen and oxygen atoms in total. The van der Waals surface area contributed by atoms with E-state index in [4.69, 9.17) is 10.5 Å². The molecular weight excluding hydrogens is 482 g/mol. The zero-order chi connectivity index (χ0) is 26.8. The van der Waals surface area contributed by atoms with E-state index in [-0.39, 0.29) is 36.1 Å². The van der Waals surface area contributed by atoms with Crippen molar-refractivity contribution in [2.75, 3.05) is 7.11 Å². The zero-order valence-corrected chi connectivity index (χ0v) is 19.6. The number of fused-ring (bicyclic) bond motifs is 3. The molecule has 6 N–H and O–H groups in total. The fourth-order valence-corrected chi connectivity index (χ4v) is 5.88. The zero-order valence-electron chi connectivity index (χ0n) is 19.6. The number of hydrogen-bond donors (Lipinski definition) is 5. The maximum Gasteiger partial charge on any atom is 0.255 e. The molecule has 0 unspecified atom stereocenters. The van der Waals surface area contributed by atoms with Gasteiger partial charge in [0.05, 0.1) is 12.7 Å². The van der Waals surface area contributed by atoms with Crippen molar-refractivity contribution in [3.05, 3.63) is 69.7 Å². The molecular formula is C27H23NO9. The van der Waals surface area contributed by atoms with E-state index >= 15 is 0 Å². The number of ether oxygens (including phenoxy) is 1. The number of carbonyl (C=O) groups is 4. The van der Waals surface area contributed by atoms with Crippen molar-refractivity contribution in [1.82, 2.24) is 0 Å². The predicted molar refractivity (Wildman–Crippen MR) is 128 cm³/mol. The van der Waals surface area contributed by atoms with Gasteiger partial charge in [-0.3, -0.25) is 19.2 Å². The molecule has 0 aliphatic heterocycles. The molecule has 0 bridgehead atoms. The Kier molecular flexibility index (Phi) is 5.45. The van der Waals surface area contributed by atoms with Crippen molar-refractivity contribution in [2.24, 2.45) is 17.6 Å². The number of benzene rings is 2. The Morgan fingerprint density at radius 2 is 1.84 bits per heavy atom. The van der Waals surface area contributed by atoms with E-state index in [1.165, 1.54) is 13.2 Å². The van der Waals surface area contributed by atoms with Crippen LogP contribution in [0.5, 0.6) is 11.5 Å². The molecule has 0 spiro atoms. The number of aliphatic hydroxyl groups excluding tert-OH is 2. The van der Waals surface area contributed by atoms with E-state index in [0.717, 1.165) is 0 Å². The van der Waals surface area contributed by atoms with Crippen LogP contribution in [0.15, 0.2) is 53.0 Å². The van der Waals surface area contributed by atoms with Crippen molar-refractivity contribution >= 4 is 23.8 Å². The molecule has 190 valence electrons. The fourth-order valence-electron chi connectivity index (χ4n) is 5.88. The molecule has 37 heavy (non-hydrogen) atoms. The summed E-state index contributed by atoms with van der Waals surface area (Å²) in [5.41, 5.74) is 3.26. The number of aldehydes is 1. The molecule has 2 aromatic rings. The van der Waals surface area contributed by atoms with Crippen LogP contribution in [0.3, 0.4) is 0 Å². The highest BCUT2D eigenvalue weighted by atomic mass is 16.5. The molecule has 3 aliphatic rings. The maximum absolute atomic E-state index is 13.7. The monoisotopic (exact) mass is 505 g/mol. The van der Waals surface area contributed by atoms with Crippen molar-refractivity contribution in [3.8, 4) is 22.6 Å². The Bertz CT molecular complexity index is 1480. The van der Waals surface area contributed by atoms with E-state index in [0.29, 0.717) is 34.3 Å². The van der Waals surface area contributed by atoms with Gasteiger partial charge in [-0.25, -0.2) is 0 Å². The lowest BCUT2D eigenvalue weighted by atomic mass is 9.60. The van der Waals surface area contributed by atoms with Gasteiger partial charge in [0.25, 0.3) is 5.91 Å². The molecule has 0 aromatic heterocycles. The SMILES string of the molecule is COc1ccc(C=O)cc1-c1ccc(O)c2c1C[C@H]1C[C@H]3CC(O)=C(C(N)=O)C(=O)[C@@]3(O)C(O)=C1C2=O. The summed E-state index contributed by atoms with van der Waals surface area (Å²) in [5.74, 6) is -6.46. The average Bonchev–Trinajstić information content (AvgIpc) is 2.85. The number of rotatable bonds is 4. The average molecular weight is 505 g/mol. The van der Waals surface area contributed by atoms with Crippen LogP contribution in [0.25, 0.3) is 11.1 Å². The molecule has 0 radical (unpaired) electrons. The van der Waals surface area contributed by atoms with Crippen molar-refractivity contribution in [2.45, 2.75) is 24.9 Å². The summed E-state index contributed by atoms with van der Waals surface area (Å²) in [5, 5.41) is 43.4. The summed E-state index contributed by atoms with van der Waals surface area (Å²) in [6.07, 6.45) is 0.510. The van der Waals surface area contributed by atoms with Crippen LogP contribution in [0.4, 0.5) is 0 Å². The number of carbonyl (C=O) groups excluding carboxylic acids is 4. The van der Waals surface area contributed by atoms with Gasteiger partial charge in [0.1, 0.15) is 34.9 Å². The molecule has 0 heterocycles. The third-order valence-corrected chi connectivity index (χ3v) is 7.60. The number of methoxy groups -OCH3 is 1. The van der Waals surface area contributed by atoms with E-state index in [9.17, 15) is 39.6 Å². The Hall–Kier alpha value is -4.44. The minimum Gasteiger partial charge on any atom is -0.511 e. The molecule has 3 atom stereocenters. The maximum atomic E-state index is 13.7. The summed E-state index contributed by atoms with van der Waals surface area (Å²) in [7, 11) is 1.46. The quantitative estimate of drug-likeness (QED) is 0.306. The number of allylic oxidation sites excluding steroid dienone is 2. The number of aromatic hydroxyl groups is 1. The third-order valence-electron chi connectivity index (χ3n) is 7.60. The number of amides is 1. The van der Waals surface area contributed by atoms with Crippen LogP contribution < -0.4 is 10.5 Å². The first-order valence-electron chi connectivity index (χ1n) is 11.5. The van der Waals surface area contributed by atoms with Gasteiger partial charge < -0.3 is 30.9 Å². The van der Waals surface area contributed by atoms with Crippen LogP contribution in [0.1, 0.15) is 39.1 Å². The van der Waals surface area contributed by atoms with Crippen molar-refractivity contribution in [3.63, 3.8) is 0 Å². The number of nitrogens with two attached hydrogens (primary N) is 1. The second-order valence-electron chi connectivity index (χ2n) is 9.47. The first-order valence-corrected chi connectivity index (χ1v) is 11.5. The van der Waals surface area contributed by atoms with Crippen molar-refractivity contribution < 1.29 is 44.3 Å². The van der Waals surface area contributed by atoms with Crippen molar-refractivity contribution in [1.29, 1.82) is 0 Å². The molecule has 0 fully saturated rings. The van der Waals surface area contributed by atoms with Gasteiger partial charge in [0, 0.05) is 29.0 Å². The van der Waals surface area contributed by atoms with Crippen LogP contribution in [-0.2, 0) is 16.0 Å². The highest BCUT2D eigenvalue weighted by Crippen LogP contribution is 2.52. The second-order valence-corrected chi connectivity index (χ2v) is 9.47. The van der Waals surface area contributed by atoms with Crippen LogP contribution in [-0.4, -0.2) is 56.9 Å². The highest BCUT2D eigenvalue weighted by Gasteiger charge is 2.59. The topological polar surface area (TPSA) is 184 Å². The number of ketones is 2. The highest BCUT2D eigenvalue weighted by molar-refractivity contribution is 6.24. The van der Waals surface area contributed by atoms with Crippen LogP contribution in [0.2, 0.25) is 0 Å². The number of hydrogen-bond acceptors (Lipinski definition) is 9. The number of primary amides is 1. The second kappa shape index (κ2) is 8.31. The van der Waals surface area contributed by atoms with Gasteiger partial charge >= 0.3 is 0 Å². The number of phenols is 1. The minimum atomic E-state index is -2.62. The van der Waals surface area contributed by atoms with Gasteiger partial charge in [-0.1, -0.05) is 6.07 Å². The Morgan fingerprint density at radius 3 is 2.49 bits per heavy atom. The smallest absolute Gasteiger partial charge is 0.255 e. The number of aliphatic hydroxyl groups is 3. The first kappa shape index (κ1) is 24.3. The lowest BCUT2D eigenvalue weighted by Gasteiger charge is -2.45. The minimum absolute atomic E-state index is 0.0174. The lowest BCUT2D eigenvalue weighted by Crippen LogP contribution is -2.57. The third kappa shape index (κ3) is 3.29. The normalized spacial score (nSPS) is 24.8. The molecule has 0 saturated heterocycles. The molecule has 2 aromatic carbocycles. The summed E-state index contributed by atoms with van der Waals surface area (Å²) in [6.45, 7) is 0. The molecule has 10 heteroatoms. The fraction of sp³-hybridized carbons (Fsp3) is 0.259. The Labute approximate surface area is 210 Å².